The van der Waals surface area contributed by atoms with Gasteiger partial charge in [-0.25, -0.2) is 9.18 Å². The molecule has 0 saturated carbocycles. The van der Waals surface area contributed by atoms with Crippen LogP contribution in [0, 0.1) is 11.7 Å². The molecule has 1 atom stereocenters. The van der Waals surface area contributed by atoms with Gasteiger partial charge in [0.15, 0.2) is 0 Å². The Morgan fingerprint density at radius 1 is 1.37 bits per heavy atom. The second-order valence-corrected chi connectivity index (χ2v) is 4.55. The smallest absolute Gasteiger partial charge is 0.319 e. The molecule has 19 heavy (non-hydrogen) atoms. The fraction of sp³-hybridized carbons (Fsp3) is 0.500. The minimum absolute atomic E-state index is 0.186. The van der Waals surface area contributed by atoms with E-state index in [0.29, 0.717) is 19.0 Å². The van der Waals surface area contributed by atoms with Crippen molar-refractivity contribution in [2.24, 2.45) is 11.7 Å². The number of hydrogen-bond acceptors (Lipinski definition) is 2. The maximum atomic E-state index is 13.3. The van der Waals surface area contributed by atoms with Crippen molar-refractivity contribution in [3.63, 3.8) is 0 Å². The third kappa shape index (κ3) is 5.70. The standard InChI is InChI=1S/C14H22FN3O/c1-2-5-11(8-9-16)10-17-14(19)18-13-7-4-3-6-12(13)15/h3-4,6-7,11H,2,5,8-10,16H2,1H3,(H2,17,18,19). The van der Waals surface area contributed by atoms with Gasteiger partial charge in [-0.1, -0.05) is 25.5 Å². The molecular weight excluding hydrogens is 245 g/mol. The maximum absolute atomic E-state index is 13.3. The van der Waals surface area contributed by atoms with E-state index in [1.807, 2.05) is 0 Å². The minimum atomic E-state index is -0.440. The van der Waals surface area contributed by atoms with Crippen LogP contribution < -0.4 is 16.4 Å². The molecule has 4 N–H and O–H groups in total. The zero-order chi connectivity index (χ0) is 14.1. The van der Waals surface area contributed by atoms with E-state index in [1.54, 1.807) is 12.1 Å². The summed E-state index contributed by atoms with van der Waals surface area (Å²) in [5.74, 6) is -0.0638. The lowest BCUT2D eigenvalue weighted by molar-refractivity contribution is 0.249. The zero-order valence-electron chi connectivity index (χ0n) is 11.3. The summed E-state index contributed by atoms with van der Waals surface area (Å²) in [5, 5.41) is 5.25. The molecule has 1 aromatic rings. The summed E-state index contributed by atoms with van der Waals surface area (Å²) in [5.41, 5.74) is 5.72. The Kier molecular flexibility index (Phi) is 6.89. The van der Waals surface area contributed by atoms with Crippen molar-refractivity contribution < 1.29 is 9.18 Å². The molecule has 2 amide bonds. The molecule has 0 bridgehead atoms. The van der Waals surface area contributed by atoms with Gasteiger partial charge in [0.25, 0.3) is 0 Å². The van der Waals surface area contributed by atoms with Crippen molar-refractivity contribution in [3.05, 3.63) is 30.1 Å². The highest BCUT2D eigenvalue weighted by Gasteiger charge is 2.10. The number of halogens is 1. The summed E-state index contributed by atoms with van der Waals surface area (Å²) < 4.78 is 13.3. The Balaban J connectivity index is 2.40. The summed E-state index contributed by atoms with van der Waals surface area (Å²) in [6.07, 6.45) is 2.96. The summed E-state index contributed by atoms with van der Waals surface area (Å²) in [6, 6.07) is 5.70. The number of rotatable bonds is 7. The number of nitrogens with two attached hydrogens (primary N) is 1. The molecule has 0 aliphatic heterocycles. The molecule has 4 nitrogen and oxygen atoms in total. The number of hydrogen-bond donors (Lipinski definition) is 3. The van der Waals surface area contributed by atoms with Gasteiger partial charge in [-0.05, 0) is 37.4 Å². The van der Waals surface area contributed by atoms with Crippen molar-refractivity contribution in [1.29, 1.82) is 0 Å². The summed E-state index contributed by atoms with van der Waals surface area (Å²) in [7, 11) is 0. The molecule has 0 radical (unpaired) electrons. The van der Waals surface area contributed by atoms with E-state index >= 15 is 0 Å². The van der Waals surface area contributed by atoms with Crippen LogP contribution in [-0.2, 0) is 0 Å². The number of amides is 2. The number of urea groups is 1. The summed E-state index contributed by atoms with van der Waals surface area (Å²) in [6.45, 7) is 3.27. The van der Waals surface area contributed by atoms with Crippen molar-refractivity contribution in [1.82, 2.24) is 5.32 Å². The molecule has 0 fully saturated rings. The highest BCUT2D eigenvalue weighted by atomic mass is 19.1. The predicted molar refractivity (Wildman–Crippen MR) is 75.5 cm³/mol. The van der Waals surface area contributed by atoms with Gasteiger partial charge >= 0.3 is 6.03 Å². The normalized spacial score (nSPS) is 11.9. The first kappa shape index (κ1) is 15.4. The summed E-state index contributed by atoms with van der Waals surface area (Å²) in [4.78, 5) is 11.7. The molecule has 0 aliphatic rings. The molecule has 0 heterocycles. The van der Waals surface area contributed by atoms with Crippen LogP contribution in [0.15, 0.2) is 24.3 Å². The Morgan fingerprint density at radius 3 is 2.74 bits per heavy atom. The van der Waals surface area contributed by atoms with E-state index in [0.717, 1.165) is 19.3 Å². The minimum Gasteiger partial charge on any atom is -0.338 e. The molecule has 106 valence electrons. The van der Waals surface area contributed by atoms with Crippen LogP contribution >= 0.6 is 0 Å². The Labute approximate surface area is 113 Å². The Morgan fingerprint density at radius 2 is 2.11 bits per heavy atom. The van der Waals surface area contributed by atoms with Gasteiger partial charge in [0.05, 0.1) is 5.69 Å². The molecule has 1 rings (SSSR count). The first-order valence-electron chi connectivity index (χ1n) is 6.66. The molecule has 0 saturated heterocycles. The van der Waals surface area contributed by atoms with Crippen LogP contribution in [0.5, 0.6) is 0 Å². The van der Waals surface area contributed by atoms with E-state index in [2.05, 4.69) is 17.6 Å². The maximum Gasteiger partial charge on any atom is 0.319 e. The topological polar surface area (TPSA) is 67.1 Å². The number of anilines is 1. The quantitative estimate of drug-likeness (QED) is 0.711. The van der Waals surface area contributed by atoms with Gasteiger partial charge in [0, 0.05) is 6.54 Å². The number of carbonyl (C=O) groups excluding carboxylic acids is 1. The van der Waals surface area contributed by atoms with Gasteiger partial charge in [0.1, 0.15) is 5.82 Å². The number of nitrogens with one attached hydrogen (secondary N) is 2. The third-order valence-corrected chi connectivity index (χ3v) is 2.95. The second kappa shape index (κ2) is 8.48. The average molecular weight is 267 g/mol. The third-order valence-electron chi connectivity index (χ3n) is 2.95. The van der Waals surface area contributed by atoms with E-state index in [1.165, 1.54) is 12.1 Å². The SMILES string of the molecule is CCCC(CCN)CNC(=O)Nc1ccccc1F. The van der Waals surface area contributed by atoms with Gasteiger partial charge in [-0.15, -0.1) is 0 Å². The molecule has 5 heteroatoms. The van der Waals surface area contributed by atoms with Crippen LogP contribution in [0.2, 0.25) is 0 Å². The van der Waals surface area contributed by atoms with Crippen LogP contribution in [-0.4, -0.2) is 19.1 Å². The molecule has 0 spiro atoms. The number of para-hydroxylation sites is 1. The second-order valence-electron chi connectivity index (χ2n) is 4.55. The van der Waals surface area contributed by atoms with Crippen LogP contribution in [0.3, 0.4) is 0 Å². The largest absolute Gasteiger partial charge is 0.338 e. The number of benzene rings is 1. The zero-order valence-corrected chi connectivity index (χ0v) is 11.3. The Hall–Kier alpha value is -1.62. The average Bonchev–Trinajstić information content (AvgIpc) is 2.39. The van der Waals surface area contributed by atoms with Crippen molar-refractivity contribution >= 4 is 11.7 Å². The van der Waals surface area contributed by atoms with Crippen molar-refractivity contribution in [3.8, 4) is 0 Å². The monoisotopic (exact) mass is 267 g/mol. The van der Waals surface area contributed by atoms with Crippen LogP contribution in [0.4, 0.5) is 14.9 Å². The van der Waals surface area contributed by atoms with Crippen LogP contribution in [0.1, 0.15) is 26.2 Å². The van der Waals surface area contributed by atoms with Crippen molar-refractivity contribution in [2.75, 3.05) is 18.4 Å². The van der Waals surface area contributed by atoms with Crippen LogP contribution in [0.25, 0.3) is 0 Å². The van der Waals surface area contributed by atoms with Gasteiger partial charge in [0.2, 0.25) is 0 Å². The van der Waals surface area contributed by atoms with E-state index < -0.39 is 5.82 Å². The highest BCUT2D eigenvalue weighted by Crippen LogP contribution is 2.12. The van der Waals surface area contributed by atoms with Gasteiger partial charge < -0.3 is 16.4 Å². The lowest BCUT2D eigenvalue weighted by Crippen LogP contribution is -2.34. The Bertz CT molecular complexity index is 392. The fourth-order valence-electron chi connectivity index (χ4n) is 1.96. The fourth-order valence-corrected chi connectivity index (χ4v) is 1.96. The first-order chi connectivity index (χ1) is 9.17. The molecule has 1 unspecified atom stereocenters. The van der Waals surface area contributed by atoms with E-state index in [-0.39, 0.29) is 11.7 Å². The first-order valence-corrected chi connectivity index (χ1v) is 6.66. The summed E-state index contributed by atoms with van der Waals surface area (Å²) >= 11 is 0. The molecule has 1 aromatic carbocycles. The van der Waals surface area contributed by atoms with E-state index in [9.17, 15) is 9.18 Å². The highest BCUT2D eigenvalue weighted by molar-refractivity contribution is 5.89. The van der Waals surface area contributed by atoms with Gasteiger partial charge in [-0.3, -0.25) is 0 Å². The van der Waals surface area contributed by atoms with Gasteiger partial charge in [-0.2, -0.15) is 0 Å². The van der Waals surface area contributed by atoms with E-state index in [4.69, 9.17) is 5.73 Å². The molecule has 0 aromatic heterocycles. The lowest BCUT2D eigenvalue weighted by Gasteiger charge is -2.16. The molecule has 0 aliphatic carbocycles. The number of carbonyl (C=O) groups is 1. The van der Waals surface area contributed by atoms with Crippen molar-refractivity contribution in [2.45, 2.75) is 26.2 Å². The molecular formula is C14H22FN3O. The lowest BCUT2D eigenvalue weighted by atomic mass is 10.00. The predicted octanol–water partition coefficient (Wildman–Crippen LogP) is 2.71.